The molecule has 5 nitrogen and oxygen atoms in total. The first kappa shape index (κ1) is 16.9. The summed E-state index contributed by atoms with van der Waals surface area (Å²) in [5.41, 5.74) is 0. The fourth-order valence-electron chi connectivity index (χ4n) is 2.22. The molecule has 1 aliphatic heterocycles. The summed E-state index contributed by atoms with van der Waals surface area (Å²) < 4.78 is 5.31. The van der Waals surface area contributed by atoms with Crippen molar-refractivity contribution in [2.24, 2.45) is 0 Å². The highest BCUT2D eigenvalue weighted by atomic mass is 35.5. The Morgan fingerprint density at radius 3 is 2.64 bits per heavy atom. The van der Waals surface area contributed by atoms with Gasteiger partial charge in [0.2, 0.25) is 5.91 Å². The Bertz CT molecular complexity index is 546. The summed E-state index contributed by atoms with van der Waals surface area (Å²) in [6.45, 7) is 1.81. The summed E-state index contributed by atoms with van der Waals surface area (Å²) in [6, 6.07) is 4.79. The van der Waals surface area contributed by atoms with E-state index in [1.165, 1.54) is 0 Å². The lowest BCUT2D eigenvalue weighted by atomic mass is 10.3. The molecule has 22 heavy (non-hydrogen) atoms. The monoisotopic (exact) mass is 344 g/mol. The van der Waals surface area contributed by atoms with E-state index >= 15 is 0 Å². The van der Waals surface area contributed by atoms with Crippen LogP contribution in [0.15, 0.2) is 18.2 Å². The van der Waals surface area contributed by atoms with Crippen molar-refractivity contribution in [2.45, 2.75) is 19.3 Å². The molecule has 2 rings (SSSR count). The molecule has 0 spiro atoms. The molecule has 1 aromatic carbocycles. The molecule has 2 amide bonds. The fraction of sp³-hybridized carbons (Fsp3) is 0.467. The Morgan fingerprint density at radius 2 is 1.95 bits per heavy atom. The molecule has 0 unspecified atom stereocenters. The quantitative estimate of drug-likeness (QED) is 0.862. The molecular formula is C15H18Cl2N2O3. The fourth-order valence-corrected chi connectivity index (χ4v) is 2.68. The number of likely N-dealkylation sites (tertiary alicyclic amines) is 1. The van der Waals surface area contributed by atoms with Gasteiger partial charge in [0.15, 0.2) is 6.61 Å². The number of rotatable bonds is 6. The van der Waals surface area contributed by atoms with E-state index in [1.807, 2.05) is 4.90 Å². The second-order valence-corrected chi connectivity index (χ2v) is 5.89. The summed E-state index contributed by atoms with van der Waals surface area (Å²) in [7, 11) is 0. The van der Waals surface area contributed by atoms with Gasteiger partial charge in [0.1, 0.15) is 5.75 Å². The van der Waals surface area contributed by atoms with Crippen LogP contribution in [0.1, 0.15) is 19.3 Å². The first-order valence-corrected chi connectivity index (χ1v) is 7.94. The smallest absolute Gasteiger partial charge is 0.257 e. The second-order valence-electron chi connectivity index (χ2n) is 5.05. The van der Waals surface area contributed by atoms with Gasteiger partial charge in [0.05, 0.1) is 5.02 Å². The Hall–Kier alpha value is -1.46. The maximum absolute atomic E-state index is 11.8. The minimum Gasteiger partial charge on any atom is -0.482 e. The van der Waals surface area contributed by atoms with Crippen molar-refractivity contribution >= 4 is 35.0 Å². The average molecular weight is 345 g/mol. The lowest BCUT2D eigenvalue weighted by Crippen LogP contribution is -2.34. The number of halogens is 2. The highest BCUT2D eigenvalue weighted by Crippen LogP contribution is 2.27. The summed E-state index contributed by atoms with van der Waals surface area (Å²) in [4.78, 5) is 25.3. The van der Waals surface area contributed by atoms with E-state index < -0.39 is 0 Å². The molecule has 0 saturated carbocycles. The van der Waals surface area contributed by atoms with E-state index in [4.69, 9.17) is 27.9 Å². The van der Waals surface area contributed by atoms with Crippen molar-refractivity contribution in [1.82, 2.24) is 10.2 Å². The van der Waals surface area contributed by atoms with Crippen LogP contribution >= 0.6 is 23.2 Å². The maximum Gasteiger partial charge on any atom is 0.257 e. The Balaban J connectivity index is 1.66. The molecule has 1 saturated heterocycles. The third kappa shape index (κ3) is 5.07. The highest BCUT2D eigenvalue weighted by Gasteiger charge is 2.17. The molecule has 7 heteroatoms. The second kappa shape index (κ2) is 8.25. The number of carbonyl (C=O) groups excluding carboxylic acids is 2. The van der Waals surface area contributed by atoms with Crippen molar-refractivity contribution < 1.29 is 14.3 Å². The normalized spacial score (nSPS) is 14.0. The molecule has 1 aromatic rings. The molecule has 1 aliphatic rings. The number of benzene rings is 1. The van der Waals surface area contributed by atoms with Gasteiger partial charge in [-0.1, -0.05) is 23.2 Å². The minimum absolute atomic E-state index is 0.0828. The highest BCUT2D eigenvalue weighted by molar-refractivity contribution is 6.35. The molecule has 0 atom stereocenters. The summed E-state index contributed by atoms with van der Waals surface area (Å²) in [6.07, 6.45) is 2.44. The molecule has 0 aromatic heterocycles. The molecule has 1 N–H and O–H groups in total. The number of nitrogens with zero attached hydrogens (tertiary/aromatic N) is 1. The largest absolute Gasteiger partial charge is 0.482 e. The van der Waals surface area contributed by atoms with Crippen LogP contribution in [0.5, 0.6) is 5.75 Å². The first-order chi connectivity index (χ1) is 10.6. The van der Waals surface area contributed by atoms with Gasteiger partial charge in [-0.2, -0.15) is 0 Å². The zero-order valence-corrected chi connectivity index (χ0v) is 13.6. The van der Waals surface area contributed by atoms with Crippen LogP contribution in [0.25, 0.3) is 0 Å². The third-order valence-corrected chi connectivity index (χ3v) is 3.90. The molecule has 0 bridgehead atoms. The van der Waals surface area contributed by atoms with Crippen LogP contribution in [-0.4, -0.2) is 43.0 Å². The van der Waals surface area contributed by atoms with Crippen molar-refractivity contribution in [3.63, 3.8) is 0 Å². The third-order valence-electron chi connectivity index (χ3n) is 3.37. The zero-order valence-electron chi connectivity index (χ0n) is 12.1. The Kier molecular flexibility index (Phi) is 6.34. The summed E-state index contributed by atoms with van der Waals surface area (Å²) in [5, 5.41) is 3.51. The first-order valence-electron chi connectivity index (χ1n) is 7.18. The van der Waals surface area contributed by atoms with Crippen LogP contribution < -0.4 is 10.1 Å². The van der Waals surface area contributed by atoms with Crippen molar-refractivity contribution in [3.8, 4) is 5.75 Å². The average Bonchev–Trinajstić information content (AvgIpc) is 3.00. The van der Waals surface area contributed by atoms with E-state index in [-0.39, 0.29) is 18.4 Å². The van der Waals surface area contributed by atoms with Crippen molar-refractivity contribution in [1.29, 1.82) is 0 Å². The maximum atomic E-state index is 11.8. The Morgan fingerprint density at radius 1 is 1.23 bits per heavy atom. The van der Waals surface area contributed by atoms with Crippen LogP contribution in [0, 0.1) is 0 Å². The molecule has 0 aliphatic carbocycles. The van der Waals surface area contributed by atoms with Gasteiger partial charge in [0, 0.05) is 31.1 Å². The number of nitrogens with one attached hydrogen (secondary N) is 1. The van der Waals surface area contributed by atoms with Gasteiger partial charge in [-0.15, -0.1) is 0 Å². The zero-order chi connectivity index (χ0) is 15.9. The van der Waals surface area contributed by atoms with Gasteiger partial charge >= 0.3 is 0 Å². The van der Waals surface area contributed by atoms with E-state index in [0.717, 1.165) is 25.9 Å². The van der Waals surface area contributed by atoms with E-state index in [2.05, 4.69) is 5.32 Å². The molecule has 0 radical (unpaired) electrons. The number of ether oxygens (including phenoxy) is 1. The summed E-state index contributed by atoms with van der Waals surface area (Å²) >= 11 is 11.7. The topological polar surface area (TPSA) is 58.6 Å². The van der Waals surface area contributed by atoms with Gasteiger partial charge in [-0.3, -0.25) is 9.59 Å². The number of hydrogen-bond acceptors (Lipinski definition) is 3. The van der Waals surface area contributed by atoms with Gasteiger partial charge < -0.3 is 15.0 Å². The lowest BCUT2D eigenvalue weighted by Gasteiger charge is -2.15. The predicted molar refractivity (Wildman–Crippen MR) is 85.4 cm³/mol. The standard InChI is InChI=1S/C15H18Cl2N2O3/c16-11-3-4-13(12(17)9-11)22-10-14(20)18-6-5-15(21)19-7-1-2-8-19/h3-4,9H,1-2,5-8,10H2,(H,18,20). The number of hydrogen-bond donors (Lipinski definition) is 1. The molecule has 1 fully saturated rings. The molecular weight excluding hydrogens is 327 g/mol. The van der Waals surface area contributed by atoms with Gasteiger partial charge in [-0.05, 0) is 31.0 Å². The van der Waals surface area contributed by atoms with E-state index in [9.17, 15) is 9.59 Å². The van der Waals surface area contributed by atoms with Crippen LogP contribution in [0.3, 0.4) is 0 Å². The number of carbonyl (C=O) groups is 2. The number of amides is 2. The minimum atomic E-state index is -0.291. The van der Waals surface area contributed by atoms with E-state index in [1.54, 1.807) is 18.2 Å². The van der Waals surface area contributed by atoms with Crippen molar-refractivity contribution in [3.05, 3.63) is 28.2 Å². The summed E-state index contributed by atoms with van der Waals surface area (Å²) in [5.74, 6) is 0.189. The van der Waals surface area contributed by atoms with Crippen LogP contribution in [-0.2, 0) is 9.59 Å². The van der Waals surface area contributed by atoms with Gasteiger partial charge in [-0.25, -0.2) is 0 Å². The Labute approximate surface area is 139 Å². The van der Waals surface area contributed by atoms with Crippen LogP contribution in [0.2, 0.25) is 10.0 Å². The molecule has 120 valence electrons. The predicted octanol–water partition coefficient (Wildman–Crippen LogP) is 2.50. The van der Waals surface area contributed by atoms with E-state index in [0.29, 0.717) is 28.8 Å². The SMILES string of the molecule is O=C(COc1ccc(Cl)cc1Cl)NCCC(=O)N1CCCC1. The van der Waals surface area contributed by atoms with Crippen LogP contribution in [0.4, 0.5) is 0 Å². The lowest BCUT2D eigenvalue weighted by molar-refractivity contribution is -0.130. The van der Waals surface area contributed by atoms with Crippen molar-refractivity contribution in [2.75, 3.05) is 26.2 Å². The molecule has 1 heterocycles. The van der Waals surface area contributed by atoms with Gasteiger partial charge in [0.25, 0.3) is 5.91 Å².